The molecule has 0 aliphatic carbocycles. The smallest absolute Gasteiger partial charge is 0.0675 e. The Morgan fingerprint density at radius 3 is 2.70 bits per heavy atom. The third-order valence-corrected chi connectivity index (χ3v) is 2.28. The molecule has 0 radical (unpaired) electrons. The van der Waals surface area contributed by atoms with Crippen molar-refractivity contribution in [1.82, 2.24) is 5.32 Å². The Morgan fingerprint density at radius 1 is 1.60 bits per heavy atom. The average molecular weight is 138 g/mol. The van der Waals surface area contributed by atoms with Crippen LogP contribution in [0.5, 0.6) is 0 Å². The number of piperidine rings is 1. The number of nitrogens with one attached hydrogen (secondary N) is 1. The van der Waals surface area contributed by atoms with E-state index in [1.54, 1.807) is 0 Å². The molecular weight excluding hydrogens is 124 g/mol. The van der Waals surface area contributed by atoms with Gasteiger partial charge in [0, 0.05) is 5.54 Å². The van der Waals surface area contributed by atoms with Crippen molar-refractivity contribution >= 4 is 0 Å². The molecule has 0 saturated carbocycles. The second kappa shape index (κ2) is 2.59. The molecule has 0 aromatic heterocycles. The number of hydrogen-bond acceptors (Lipinski definition) is 2. The van der Waals surface area contributed by atoms with Crippen LogP contribution in [-0.4, -0.2) is 12.1 Å². The molecule has 10 heavy (non-hydrogen) atoms. The van der Waals surface area contributed by atoms with Crippen LogP contribution in [0.4, 0.5) is 0 Å². The van der Waals surface area contributed by atoms with Crippen LogP contribution in [0.3, 0.4) is 0 Å². The van der Waals surface area contributed by atoms with E-state index in [4.69, 9.17) is 5.26 Å². The highest BCUT2D eigenvalue weighted by molar-refractivity contribution is 5.00. The van der Waals surface area contributed by atoms with Crippen molar-refractivity contribution in [1.29, 1.82) is 5.26 Å². The highest BCUT2D eigenvalue weighted by Gasteiger charge is 2.31. The first-order chi connectivity index (χ1) is 4.67. The molecular formula is C8H14N2. The molecule has 1 saturated heterocycles. The summed E-state index contributed by atoms with van der Waals surface area (Å²) in [7, 11) is 0. The maximum absolute atomic E-state index is 8.74. The minimum Gasteiger partial charge on any atom is -0.310 e. The lowest BCUT2D eigenvalue weighted by atomic mass is 9.82. The van der Waals surface area contributed by atoms with Gasteiger partial charge in [-0.05, 0) is 33.2 Å². The second-order valence-corrected chi connectivity index (χ2v) is 3.47. The van der Waals surface area contributed by atoms with Crippen LogP contribution in [0.25, 0.3) is 0 Å². The second-order valence-electron chi connectivity index (χ2n) is 3.47. The van der Waals surface area contributed by atoms with Crippen molar-refractivity contribution in [3.63, 3.8) is 0 Å². The normalized spacial score (nSPS) is 31.1. The van der Waals surface area contributed by atoms with Crippen LogP contribution in [0, 0.1) is 17.2 Å². The first-order valence-electron chi connectivity index (χ1n) is 3.81. The van der Waals surface area contributed by atoms with Crippen molar-refractivity contribution in [2.75, 3.05) is 6.54 Å². The van der Waals surface area contributed by atoms with Gasteiger partial charge in [0.2, 0.25) is 0 Å². The van der Waals surface area contributed by atoms with Crippen LogP contribution < -0.4 is 5.32 Å². The average Bonchev–Trinajstić information content (AvgIpc) is 1.87. The van der Waals surface area contributed by atoms with E-state index in [2.05, 4.69) is 25.2 Å². The predicted molar refractivity (Wildman–Crippen MR) is 40.4 cm³/mol. The summed E-state index contributed by atoms with van der Waals surface area (Å²) >= 11 is 0. The molecule has 56 valence electrons. The Bertz CT molecular complexity index is 155. The minimum absolute atomic E-state index is 0.0347. The van der Waals surface area contributed by atoms with Gasteiger partial charge in [-0.2, -0.15) is 5.26 Å². The fourth-order valence-electron chi connectivity index (χ4n) is 1.43. The molecule has 0 aromatic rings. The van der Waals surface area contributed by atoms with Gasteiger partial charge < -0.3 is 5.32 Å². The van der Waals surface area contributed by atoms with Crippen molar-refractivity contribution in [3.05, 3.63) is 0 Å². The Kier molecular flexibility index (Phi) is 1.96. The summed E-state index contributed by atoms with van der Waals surface area (Å²) in [6.07, 6.45) is 2.19. The Morgan fingerprint density at radius 2 is 2.30 bits per heavy atom. The van der Waals surface area contributed by atoms with Crippen LogP contribution >= 0.6 is 0 Å². The lowest BCUT2D eigenvalue weighted by Crippen LogP contribution is -2.49. The quantitative estimate of drug-likeness (QED) is 0.547. The summed E-state index contributed by atoms with van der Waals surface area (Å²) in [4.78, 5) is 0. The fraction of sp³-hybridized carbons (Fsp3) is 0.875. The summed E-state index contributed by atoms with van der Waals surface area (Å²) in [6, 6.07) is 2.33. The Hall–Kier alpha value is -0.550. The predicted octanol–water partition coefficient (Wildman–Crippen LogP) is 1.29. The summed E-state index contributed by atoms with van der Waals surface area (Å²) in [5.74, 6) is 0.196. The molecule has 0 amide bonds. The minimum atomic E-state index is 0.0347. The monoisotopic (exact) mass is 138 g/mol. The number of hydrogen-bond donors (Lipinski definition) is 1. The van der Waals surface area contributed by atoms with Gasteiger partial charge in [-0.3, -0.25) is 0 Å². The largest absolute Gasteiger partial charge is 0.310 e. The zero-order chi connectivity index (χ0) is 7.61. The zero-order valence-corrected chi connectivity index (χ0v) is 6.65. The Labute approximate surface area is 62.2 Å². The Balaban J connectivity index is 2.62. The standard InChI is InChI=1S/C8H14N2/c1-8(2)7(6-9)4-3-5-10-8/h7,10H,3-5H2,1-2H3. The van der Waals surface area contributed by atoms with Gasteiger partial charge >= 0.3 is 0 Å². The molecule has 1 rings (SSSR count). The molecule has 1 unspecified atom stereocenters. The van der Waals surface area contributed by atoms with Crippen LogP contribution in [-0.2, 0) is 0 Å². The van der Waals surface area contributed by atoms with Gasteiger partial charge in [0.05, 0.1) is 12.0 Å². The third-order valence-electron chi connectivity index (χ3n) is 2.28. The SMILES string of the molecule is CC1(C)NCCCC1C#N. The topological polar surface area (TPSA) is 35.8 Å². The first-order valence-corrected chi connectivity index (χ1v) is 3.81. The summed E-state index contributed by atoms with van der Waals surface area (Å²) in [6.45, 7) is 5.26. The van der Waals surface area contributed by atoms with E-state index < -0.39 is 0 Å². The van der Waals surface area contributed by atoms with Crippen LogP contribution in [0.1, 0.15) is 26.7 Å². The molecule has 1 heterocycles. The molecule has 2 nitrogen and oxygen atoms in total. The van der Waals surface area contributed by atoms with E-state index in [1.807, 2.05) is 0 Å². The lowest BCUT2D eigenvalue weighted by Gasteiger charge is -2.35. The van der Waals surface area contributed by atoms with Gasteiger partial charge in [0.15, 0.2) is 0 Å². The number of nitriles is 1. The third kappa shape index (κ3) is 1.30. The van der Waals surface area contributed by atoms with Crippen LogP contribution in [0.15, 0.2) is 0 Å². The van der Waals surface area contributed by atoms with Gasteiger partial charge in [0.1, 0.15) is 0 Å². The van der Waals surface area contributed by atoms with Gasteiger partial charge in [0.25, 0.3) is 0 Å². The van der Waals surface area contributed by atoms with E-state index in [1.165, 1.54) is 0 Å². The number of nitrogens with zero attached hydrogens (tertiary/aromatic N) is 1. The molecule has 1 N–H and O–H groups in total. The first kappa shape index (κ1) is 7.56. The molecule has 2 heteroatoms. The maximum atomic E-state index is 8.74. The van der Waals surface area contributed by atoms with Crippen molar-refractivity contribution < 1.29 is 0 Å². The van der Waals surface area contributed by atoms with Crippen LogP contribution in [0.2, 0.25) is 0 Å². The molecule has 0 spiro atoms. The van der Waals surface area contributed by atoms with E-state index in [0.717, 1.165) is 19.4 Å². The van der Waals surface area contributed by atoms with E-state index in [9.17, 15) is 0 Å². The molecule has 1 fully saturated rings. The zero-order valence-electron chi connectivity index (χ0n) is 6.65. The van der Waals surface area contributed by atoms with Gasteiger partial charge in [-0.25, -0.2) is 0 Å². The molecule has 1 aliphatic heterocycles. The molecule has 1 aliphatic rings. The summed E-state index contributed by atoms with van der Waals surface area (Å²) in [5.41, 5.74) is 0.0347. The maximum Gasteiger partial charge on any atom is 0.0675 e. The summed E-state index contributed by atoms with van der Waals surface area (Å²) in [5, 5.41) is 12.1. The molecule has 0 bridgehead atoms. The van der Waals surface area contributed by atoms with Crippen molar-refractivity contribution in [2.24, 2.45) is 5.92 Å². The highest BCUT2D eigenvalue weighted by atomic mass is 15.0. The van der Waals surface area contributed by atoms with E-state index >= 15 is 0 Å². The number of rotatable bonds is 0. The lowest BCUT2D eigenvalue weighted by molar-refractivity contribution is 0.243. The van der Waals surface area contributed by atoms with Gasteiger partial charge in [-0.1, -0.05) is 0 Å². The fourth-order valence-corrected chi connectivity index (χ4v) is 1.43. The van der Waals surface area contributed by atoms with E-state index in [-0.39, 0.29) is 11.5 Å². The van der Waals surface area contributed by atoms with Crippen molar-refractivity contribution in [3.8, 4) is 6.07 Å². The van der Waals surface area contributed by atoms with E-state index in [0.29, 0.717) is 0 Å². The van der Waals surface area contributed by atoms with Crippen molar-refractivity contribution in [2.45, 2.75) is 32.2 Å². The molecule has 1 atom stereocenters. The summed E-state index contributed by atoms with van der Waals surface area (Å²) < 4.78 is 0. The molecule has 0 aromatic carbocycles. The highest BCUT2D eigenvalue weighted by Crippen LogP contribution is 2.24. The van der Waals surface area contributed by atoms with Gasteiger partial charge in [-0.15, -0.1) is 0 Å².